The van der Waals surface area contributed by atoms with E-state index < -0.39 is 30.4 Å². The van der Waals surface area contributed by atoms with Gasteiger partial charge in [-0.25, -0.2) is 9.59 Å². The third-order valence-corrected chi connectivity index (χ3v) is 3.68. The van der Waals surface area contributed by atoms with Crippen LogP contribution >= 0.6 is 31.9 Å². The SMILES string of the molecule is Cc1cc(Br)c(NC(=O)N[C@@H](CC(N)=O)C(=O)O)c(Br)c1. The lowest BCUT2D eigenvalue weighted by Gasteiger charge is -2.15. The number of nitrogens with one attached hydrogen (secondary N) is 2. The van der Waals surface area contributed by atoms with Crippen molar-refractivity contribution in [1.29, 1.82) is 0 Å². The molecule has 7 nitrogen and oxygen atoms in total. The van der Waals surface area contributed by atoms with Gasteiger partial charge in [0.25, 0.3) is 0 Å². The molecule has 0 saturated heterocycles. The molecule has 21 heavy (non-hydrogen) atoms. The topological polar surface area (TPSA) is 122 Å². The summed E-state index contributed by atoms with van der Waals surface area (Å²) in [6.45, 7) is 1.88. The largest absolute Gasteiger partial charge is 0.480 e. The van der Waals surface area contributed by atoms with Gasteiger partial charge in [0.15, 0.2) is 0 Å². The number of amides is 3. The average molecular weight is 423 g/mol. The zero-order valence-electron chi connectivity index (χ0n) is 10.9. The predicted molar refractivity (Wildman–Crippen MR) is 84.0 cm³/mol. The summed E-state index contributed by atoms with van der Waals surface area (Å²) >= 11 is 6.60. The van der Waals surface area contributed by atoms with Gasteiger partial charge in [-0.2, -0.15) is 0 Å². The van der Waals surface area contributed by atoms with Crippen LogP contribution in [0.4, 0.5) is 10.5 Å². The standard InChI is InChI=1S/C12H13Br2N3O4/c1-5-2-6(13)10(7(14)3-5)17-12(21)16-8(11(19)20)4-9(15)18/h2-3,8H,4H2,1H3,(H2,15,18)(H,19,20)(H2,16,17,21)/t8-/m0/s1. The van der Waals surface area contributed by atoms with E-state index in [0.717, 1.165) is 5.56 Å². The number of carbonyl (C=O) groups is 3. The fourth-order valence-corrected chi connectivity index (χ4v) is 3.14. The third kappa shape index (κ3) is 5.35. The second-order valence-corrected chi connectivity index (χ2v) is 5.97. The van der Waals surface area contributed by atoms with Crippen molar-refractivity contribution >= 4 is 55.5 Å². The predicted octanol–water partition coefficient (Wildman–Crippen LogP) is 1.97. The molecular weight excluding hydrogens is 410 g/mol. The molecule has 114 valence electrons. The van der Waals surface area contributed by atoms with Crippen LogP contribution in [0.2, 0.25) is 0 Å². The number of benzene rings is 1. The number of aliphatic carboxylic acids is 1. The van der Waals surface area contributed by atoms with Crippen molar-refractivity contribution in [2.75, 3.05) is 5.32 Å². The molecule has 0 unspecified atom stereocenters. The maximum absolute atomic E-state index is 11.8. The summed E-state index contributed by atoms with van der Waals surface area (Å²) in [4.78, 5) is 33.5. The maximum Gasteiger partial charge on any atom is 0.326 e. The van der Waals surface area contributed by atoms with Gasteiger partial charge in [0, 0.05) is 8.95 Å². The normalized spacial score (nSPS) is 11.6. The van der Waals surface area contributed by atoms with Gasteiger partial charge in [-0.05, 0) is 56.5 Å². The van der Waals surface area contributed by atoms with Gasteiger partial charge in [-0.15, -0.1) is 0 Å². The number of anilines is 1. The summed E-state index contributed by atoms with van der Waals surface area (Å²) < 4.78 is 1.26. The van der Waals surface area contributed by atoms with Crippen molar-refractivity contribution in [3.8, 4) is 0 Å². The molecule has 0 bridgehead atoms. The molecule has 1 rings (SSSR count). The quantitative estimate of drug-likeness (QED) is 0.579. The molecule has 0 heterocycles. The number of urea groups is 1. The Labute approximate surface area is 137 Å². The average Bonchev–Trinajstić information content (AvgIpc) is 2.32. The van der Waals surface area contributed by atoms with Crippen LogP contribution in [-0.2, 0) is 9.59 Å². The molecule has 1 aromatic rings. The van der Waals surface area contributed by atoms with Gasteiger partial charge >= 0.3 is 12.0 Å². The van der Waals surface area contributed by atoms with Crippen molar-refractivity contribution in [2.45, 2.75) is 19.4 Å². The minimum atomic E-state index is -1.38. The van der Waals surface area contributed by atoms with Crippen molar-refractivity contribution in [3.05, 3.63) is 26.6 Å². The van der Waals surface area contributed by atoms with Crippen molar-refractivity contribution in [1.82, 2.24) is 5.32 Å². The number of carbonyl (C=O) groups excluding carboxylic acids is 2. The third-order valence-electron chi connectivity index (χ3n) is 2.43. The summed E-state index contributed by atoms with van der Waals surface area (Å²) in [5.74, 6) is -2.16. The van der Waals surface area contributed by atoms with Crippen LogP contribution in [0.5, 0.6) is 0 Å². The van der Waals surface area contributed by atoms with Crippen molar-refractivity contribution in [2.24, 2.45) is 5.73 Å². The molecule has 1 aromatic carbocycles. The first-order chi connectivity index (χ1) is 9.70. The number of carboxylic acids is 1. The number of carboxylic acid groups (broad SMARTS) is 1. The molecule has 1 atom stereocenters. The van der Waals surface area contributed by atoms with Crippen LogP contribution in [0, 0.1) is 6.92 Å². The van der Waals surface area contributed by atoms with Gasteiger partial charge in [0.05, 0.1) is 12.1 Å². The van der Waals surface area contributed by atoms with Crippen LogP contribution in [0.3, 0.4) is 0 Å². The number of hydrogen-bond donors (Lipinski definition) is 4. The minimum Gasteiger partial charge on any atom is -0.480 e. The minimum absolute atomic E-state index is 0.446. The van der Waals surface area contributed by atoms with E-state index in [0.29, 0.717) is 14.6 Å². The van der Waals surface area contributed by atoms with E-state index in [2.05, 4.69) is 42.5 Å². The Bertz CT molecular complexity index is 569. The van der Waals surface area contributed by atoms with E-state index in [1.165, 1.54) is 0 Å². The van der Waals surface area contributed by atoms with Gasteiger partial charge in [-0.1, -0.05) is 0 Å². The van der Waals surface area contributed by atoms with Crippen LogP contribution in [-0.4, -0.2) is 29.1 Å². The van der Waals surface area contributed by atoms with E-state index in [1.54, 1.807) is 12.1 Å². The Kier molecular flexibility index (Phi) is 6.16. The van der Waals surface area contributed by atoms with Crippen LogP contribution in [0.1, 0.15) is 12.0 Å². The Morgan fingerprint density at radius 3 is 2.24 bits per heavy atom. The lowest BCUT2D eigenvalue weighted by molar-refractivity contribution is -0.140. The van der Waals surface area contributed by atoms with Gasteiger partial charge in [-0.3, -0.25) is 4.79 Å². The monoisotopic (exact) mass is 421 g/mol. The van der Waals surface area contributed by atoms with Crippen LogP contribution in [0.25, 0.3) is 0 Å². The van der Waals surface area contributed by atoms with Crippen LogP contribution in [0.15, 0.2) is 21.1 Å². The Morgan fingerprint density at radius 1 is 1.29 bits per heavy atom. The lowest BCUT2D eigenvalue weighted by atomic mass is 10.2. The summed E-state index contributed by atoms with van der Waals surface area (Å²) in [5.41, 5.74) is 6.35. The molecular formula is C12H13Br2N3O4. The van der Waals surface area contributed by atoms with Crippen LogP contribution < -0.4 is 16.4 Å². The van der Waals surface area contributed by atoms with E-state index in [4.69, 9.17) is 10.8 Å². The highest BCUT2D eigenvalue weighted by Gasteiger charge is 2.22. The Balaban J connectivity index is 2.82. The maximum atomic E-state index is 11.8. The Hall–Kier alpha value is -1.61. The van der Waals surface area contributed by atoms with E-state index in [1.807, 2.05) is 6.92 Å². The molecule has 0 spiro atoms. The molecule has 9 heteroatoms. The molecule has 3 amide bonds. The second kappa shape index (κ2) is 7.41. The van der Waals surface area contributed by atoms with Gasteiger partial charge < -0.3 is 21.5 Å². The van der Waals surface area contributed by atoms with E-state index in [9.17, 15) is 14.4 Å². The highest BCUT2D eigenvalue weighted by molar-refractivity contribution is 9.11. The molecule has 0 aliphatic rings. The smallest absolute Gasteiger partial charge is 0.326 e. The highest BCUT2D eigenvalue weighted by Crippen LogP contribution is 2.32. The molecule has 0 aliphatic heterocycles. The zero-order chi connectivity index (χ0) is 16.2. The second-order valence-electron chi connectivity index (χ2n) is 4.26. The first-order valence-corrected chi connectivity index (χ1v) is 7.33. The molecule has 0 fully saturated rings. The zero-order valence-corrected chi connectivity index (χ0v) is 14.1. The molecule has 5 N–H and O–H groups in total. The number of nitrogens with two attached hydrogens (primary N) is 1. The summed E-state index contributed by atoms with van der Waals surface area (Å²) in [6, 6.07) is 1.44. The highest BCUT2D eigenvalue weighted by atomic mass is 79.9. The summed E-state index contributed by atoms with van der Waals surface area (Å²) in [5, 5.41) is 13.6. The van der Waals surface area contributed by atoms with Crippen molar-refractivity contribution in [3.63, 3.8) is 0 Å². The summed E-state index contributed by atoms with van der Waals surface area (Å²) in [6.07, 6.45) is -0.487. The number of rotatable bonds is 5. The Morgan fingerprint density at radius 2 is 1.81 bits per heavy atom. The van der Waals surface area contributed by atoms with Gasteiger partial charge in [0.2, 0.25) is 5.91 Å². The van der Waals surface area contributed by atoms with Crippen molar-refractivity contribution < 1.29 is 19.5 Å². The number of hydrogen-bond acceptors (Lipinski definition) is 3. The summed E-state index contributed by atoms with van der Waals surface area (Å²) in [7, 11) is 0. The fraction of sp³-hybridized carbons (Fsp3) is 0.250. The van der Waals surface area contributed by atoms with Gasteiger partial charge in [0.1, 0.15) is 6.04 Å². The number of aryl methyl sites for hydroxylation is 1. The first kappa shape index (κ1) is 17.4. The molecule has 0 radical (unpaired) electrons. The molecule has 0 saturated carbocycles. The number of primary amides is 1. The molecule has 0 aliphatic carbocycles. The van der Waals surface area contributed by atoms with E-state index in [-0.39, 0.29) is 0 Å². The van der Waals surface area contributed by atoms with E-state index >= 15 is 0 Å². The number of halogens is 2. The molecule has 0 aromatic heterocycles. The first-order valence-electron chi connectivity index (χ1n) is 5.75. The fourth-order valence-electron chi connectivity index (χ4n) is 1.53. The lowest BCUT2D eigenvalue weighted by Crippen LogP contribution is -2.45.